The molecule has 0 N–H and O–H groups in total. The zero-order valence-corrected chi connectivity index (χ0v) is 16.4. The molecule has 8 heteroatoms. The quantitative estimate of drug-likeness (QED) is 0.591. The second kappa shape index (κ2) is 11.0. The van der Waals surface area contributed by atoms with E-state index in [0.29, 0.717) is 44.8 Å². The van der Waals surface area contributed by atoms with Crippen LogP contribution in [-0.2, 0) is 25.4 Å². The molecule has 0 unspecified atom stereocenters. The fourth-order valence-electron chi connectivity index (χ4n) is 3.30. The summed E-state index contributed by atoms with van der Waals surface area (Å²) in [5.74, 6) is -0.989. The highest BCUT2D eigenvalue weighted by atomic mass is 19.3. The van der Waals surface area contributed by atoms with Crippen LogP contribution in [0.15, 0.2) is 30.4 Å². The minimum absolute atomic E-state index is 0.00517. The van der Waals surface area contributed by atoms with E-state index in [2.05, 4.69) is 23.8 Å². The number of hydrogen-bond donors (Lipinski definition) is 0. The third-order valence-electron chi connectivity index (χ3n) is 4.85. The average molecular weight is 416 g/mol. The molecule has 2 heterocycles. The average Bonchev–Trinajstić information content (AvgIpc) is 2.73. The highest BCUT2D eigenvalue weighted by Crippen LogP contribution is 2.25. The third-order valence-corrected chi connectivity index (χ3v) is 4.85. The predicted octanol–water partition coefficient (Wildman–Crippen LogP) is 4.30. The van der Waals surface area contributed by atoms with Crippen molar-refractivity contribution in [3.05, 3.63) is 41.7 Å². The van der Waals surface area contributed by atoms with Crippen molar-refractivity contribution in [2.75, 3.05) is 26.4 Å². The van der Waals surface area contributed by atoms with Gasteiger partial charge in [0.15, 0.2) is 24.1 Å². The van der Waals surface area contributed by atoms with Crippen LogP contribution < -0.4 is 4.74 Å². The second-order valence-corrected chi connectivity index (χ2v) is 7.17. The van der Waals surface area contributed by atoms with E-state index in [-0.39, 0.29) is 18.1 Å². The molecule has 0 bridgehead atoms. The SMILES string of the molecule is CCC=CC1COC(C2COC(CCc3ccc(OC(F)F)c(F)c3)OC2)OC1. The number of allylic oxidation sites excluding steroid dienone is 1. The lowest BCUT2D eigenvalue weighted by Crippen LogP contribution is -2.44. The van der Waals surface area contributed by atoms with Gasteiger partial charge in [0, 0.05) is 12.3 Å². The van der Waals surface area contributed by atoms with Crippen LogP contribution in [0.5, 0.6) is 5.75 Å². The number of rotatable bonds is 8. The summed E-state index contributed by atoms with van der Waals surface area (Å²) in [5.41, 5.74) is 0.656. The van der Waals surface area contributed by atoms with Crippen molar-refractivity contribution in [2.45, 2.75) is 45.4 Å². The van der Waals surface area contributed by atoms with Gasteiger partial charge in [-0.1, -0.05) is 25.1 Å². The van der Waals surface area contributed by atoms with Gasteiger partial charge in [-0.25, -0.2) is 4.39 Å². The minimum Gasteiger partial charge on any atom is -0.432 e. The van der Waals surface area contributed by atoms with E-state index >= 15 is 0 Å². The van der Waals surface area contributed by atoms with Crippen LogP contribution in [0.3, 0.4) is 0 Å². The molecule has 0 spiro atoms. The first-order valence-corrected chi connectivity index (χ1v) is 9.91. The van der Waals surface area contributed by atoms with E-state index in [1.54, 1.807) is 6.07 Å². The van der Waals surface area contributed by atoms with Gasteiger partial charge < -0.3 is 23.7 Å². The van der Waals surface area contributed by atoms with Crippen molar-refractivity contribution in [3.8, 4) is 5.75 Å². The summed E-state index contributed by atoms with van der Waals surface area (Å²) in [6, 6.07) is 3.95. The topological polar surface area (TPSA) is 46.2 Å². The van der Waals surface area contributed by atoms with Gasteiger partial charge in [-0.05, 0) is 30.5 Å². The first-order chi connectivity index (χ1) is 14.0. The Hall–Kier alpha value is -1.61. The fourth-order valence-corrected chi connectivity index (χ4v) is 3.30. The normalized spacial score (nSPS) is 28.2. The zero-order chi connectivity index (χ0) is 20.6. The van der Waals surface area contributed by atoms with E-state index in [1.165, 1.54) is 12.1 Å². The standard InChI is InChI=1S/C21H27F3O5/c1-2-3-4-15-10-27-20(28-11-15)16-12-25-19(26-13-16)8-6-14-5-7-18(17(22)9-14)29-21(23)24/h3-5,7,9,15-16,19-21H,2,6,8,10-13H2,1H3. The Balaban J connectivity index is 1.38. The molecule has 2 aliphatic heterocycles. The number of ether oxygens (including phenoxy) is 5. The molecule has 0 aromatic heterocycles. The van der Waals surface area contributed by atoms with Crippen LogP contribution >= 0.6 is 0 Å². The van der Waals surface area contributed by atoms with E-state index in [9.17, 15) is 13.2 Å². The summed E-state index contributed by atoms with van der Waals surface area (Å²) in [4.78, 5) is 0. The number of hydrogen-bond acceptors (Lipinski definition) is 5. The molecule has 3 rings (SSSR count). The first kappa shape index (κ1) is 22.1. The van der Waals surface area contributed by atoms with Gasteiger partial charge in [-0.3, -0.25) is 0 Å². The summed E-state index contributed by atoms with van der Waals surface area (Å²) in [6.45, 7) is 1.20. The van der Waals surface area contributed by atoms with E-state index in [4.69, 9.17) is 18.9 Å². The van der Waals surface area contributed by atoms with E-state index in [0.717, 1.165) is 6.42 Å². The molecule has 0 radical (unpaired) electrons. The molecule has 2 fully saturated rings. The Kier molecular flexibility index (Phi) is 8.35. The molecule has 1 aromatic rings. The molecule has 0 saturated carbocycles. The van der Waals surface area contributed by atoms with Crippen LogP contribution in [-0.4, -0.2) is 45.6 Å². The molecule has 1 aromatic carbocycles. The van der Waals surface area contributed by atoms with E-state index < -0.39 is 24.5 Å². The van der Waals surface area contributed by atoms with Gasteiger partial charge in [0.05, 0.1) is 32.3 Å². The van der Waals surface area contributed by atoms with Gasteiger partial charge in [-0.2, -0.15) is 8.78 Å². The van der Waals surface area contributed by atoms with Crippen LogP contribution in [0.1, 0.15) is 25.3 Å². The van der Waals surface area contributed by atoms with Gasteiger partial charge in [0.2, 0.25) is 0 Å². The smallest absolute Gasteiger partial charge is 0.387 e. The Morgan fingerprint density at radius 3 is 2.45 bits per heavy atom. The third kappa shape index (κ3) is 6.70. The molecule has 29 heavy (non-hydrogen) atoms. The van der Waals surface area contributed by atoms with Crippen LogP contribution in [0.4, 0.5) is 13.2 Å². The molecule has 2 aliphatic rings. The largest absolute Gasteiger partial charge is 0.432 e. The van der Waals surface area contributed by atoms with Crippen molar-refractivity contribution < 1.29 is 36.9 Å². The van der Waals surface area contributed by atoms with Crippen molar-refractivity contribution in [3.63, 3.8) is 0 Å². The maximum absolute atomic E-state index is 13.8. The van der Waals surface area contributed by atoms with Gasteiger partial charge in [0.1, 0.15) is 0 Å². The highest BCUT2D eigenvalue weighted by molar-refractivity contribution is 5.29. The summed E-state index contributed by atoms with van der Waals surface area (Å²) in [7, 11) is 0. The molecular weight excluding hydrogens is 389 g/mol. The summed E-state index contributed by atoms with van der Waals surface area (Å²) < 4.78 is 65.4. The Labute approximate surface area is 168 Å². The van der Waals surface area contributed by atoms with Crippen molar-refractivity contribution in [2.24, 2.45) is 11.8 Å². The Bertz CT molecular complexity index is 654. The number of alkyl halides is 2. The van der Waals surface area contributed by atoms with Crippen LogP contribution in [0.2, 0.25) is 0 Å². The molecule has 0 aliphatic carbocycles. The van der Waals surface area contributed by atoms with Crippen LogP contribution in [0, 0.1) is 17.7 Å². The fraction of sp³-hybridized carbons (Fsp3) is 0.619. The van der Waals surface area contributed by atoms with Crippen molar-refractivity contribution >= 4 is 0 Å². The summed E-state index contributed by atoms with van der Waals surface area (Å²) >= 11 is 0. The second-order valence-electron chi connectivity index (χ2n) is 7.17. The first-order valence-electron chi connectivity index (χ1n) is 9.91. The molecule has 5 nitrogen and oxygen atoms in total. The zero-order valence-electron chi connectivity index (χ0n) is 16.4. The maximum atomic E-state index is 13.8. The van der Waals surface area contributed by atoms with Crippen molar-refractivity contribution in [1.29, 1.82) is 0 Å². The molecule has 162 valence electrons. The lowest BCUT2D eigenvalue weighted by atomic mass is 10.1. The Morgan fingerprint density at radius 2 is 1.83 bits per heavy atom. The van der Waals surface area contributed by atoms with Crippen LogP contribution in [0.25, 0.3) is 0 Å². The predicted molar refractivity (Wildman–Crippen MR) is 99.1 cm³/mol. The molecular formula is C21H27F3O5. The van der Waals surface area contributed by atoms with E-state index in [1.807, 2.05) is 0 Å². The number of aryl methyl sites for hydroxylation is 1. The molecule has 0 atom stereocenters. The number of halogens is 3. The maximum Gasteiger partial charge on any atom is 0.387 e. The van der Waals surface area contributed by atoms with Gasteiger partial charge >= 0.3 is 6.61 Å². The lowest BCUT2D eigenvalue weighted by Gasteiger charge is -2.37. The number of benzene rings is 1. The lowest BCUT2D eigenvalue weighted by molar-refractivity contribution is -0.278. The van der Waals surface area contributed by atoms with Gasteiger partial charge in [0.25, 0.3) is 0 Å². The van der Waals surface area contributed by atoms with Gasteiger partial charge in [-0.15, -0.1) is 0 Å². The molecule has 2 saturated heterocycles. The van der Waals surface area contributed by atoms with Crippen molar-refractivity contribution in [1.82, 2.24) is 0 Å². The monoisotopic (exact) mass is 416 g/mol. The molecule has 0 amide bonds. The minimum atomic E-state index is -3.05. The highest BCUT2D eigenvalue weighted by Gasteiger charge is 2.33. The summed E-state index contributed by atoms with van der Waals surface area (Å²) in [6.07, 6.45) is 5.50. The Morgan fingerprint density at radius 1 is 1.10 bits per heavy atom. The summed E-state index contributed by atoms with van der Waals surface area (Å²) in [5, 5.41) is 0.